The number of carboxylic acid groups (broad SMARTS) is 1. The summed E-state index contributed by atoms with van der Waals surface area (Å²) in [6.45, 7) is 2.17. The minimum Gasteiger partial charge on any atom is -0.535 e. The Morgan fingerprint density at radius 3 is 2.96 bits per heavy atom. The Kier molecular flexibility index (Phi) is 5.77. The van der Waals surface area contributed by atoms with Crippen molar-refractivity contribution in [3.63, 3.8) is 0 Å². The van der Waals surface area contributed by atoms with E-state index in [9.17, 15) is 20.0 Å². The van der Waals surface area contributed by atoms with E-state index in [0.29, 0.717) is 31.9 Å². The van der Waals surface area contributed by atoms with Gasteiger partial charge in [0.15, 0.2) is 0 Å². The molecule has 0 saturated carbocycles. The van der Waals surface area contributed by atoms with Crippen molar-refractivity contribution < 1.29 is 29.4 Å². The molecule has 2 fully saturated rings. The molecular formula is C19H27BN2O6. The van der Waals surface area contributed by atoms with Crippen LogP contribution in [0.1, 0.15) is 41.6 Å². The summed E-state index contributed by atoms with van der Waals surface area (Å²) in [5.74, 6) is -0.695. The molecule has 0 radical (unpaired) electrons. The molecule has 8 nitrogen and oxygen atoms in total. The number of carbonyl (C=O) groups is 1. The Morgan fingerprint density at radius 2 is 2.25 bits per heavy atom. The number of hydrogen-bond donors (Lipinski definition) is 4. The summed E-state index contributed by atoms with van der Waals surface area (Å²) >= 11 is 0. The fraction of sp³-hybridized carbons (Fsp3) is 0.632. The lowest BCUT2D eigenvalue weighted by atomic mass is 9.78. The molecule has 3 heterocycles. The number of rotatable bonds is 7. The topological polar surface area (TPSA) is 111 Å². The number of carboxylic acids is 1. The van der Waals surface area contributed by atoms with Crippen LogP contribution in [0.2, 0.25) is 6.32 Å². The predicted molar refractivity (Wildman–Crippen MR) is 103 cm³/mol. The highest BCUT2D eigenvalue weighted by molar-refractivity contribution is 6.44. The molecule has 2 atom stereocenters. The van der Waals surface area contributed by atoms with Crippen LogP contribution in [-0.2, 0) is 6.42 Å². The first-order chi connectivity index (χ1) is 13.5. The molecule has 1 aromatic rings. The minimum absolute atomic E-state index is 0.0393. The predicted octanol–water partition coefficient (Wildman–Crippen LogP) is 0.714. The van der Waals surface area contributed by atoms with Gasteiger partial charge in [-0.2, -0.15) is 0 Å². The van der Waals surface area contributed by atoms with E-state index in [0.717, 1.165) is 24.9 Å². The van der Waals surface area contributed by atoms with Crippen molar-refractivity contribution in [3.8, 4) is 11.5 Å². The molecule has 1 unspecified atom stereocenters. The van der Waals surface area contributed by atoms with Crippen LogP contribution in [0.3, 0.4) is 0 Å². The third kappa shape index (κ3) is 4.12. The first-order valence-corrected chi connectivity index (χ1v) is 10.1. The second kappa shape index (κ2) is 8.28. The fourth-order valence-electron chi connectivity index (χ4n) is 4.22. The third-order valence-electron chi connectivity index (χ3n) is 5.86. The number of aromatic carboxylic acids is 1. The summed E-state index contributed by atoms with van der Waals surface area (Å²) in [4.78, 5) is 13.7. The Hall–Kier alpha value is -1.81. The smallest absolute Gasteiger partial charge is 0.522 e. The van der Waals surface area contributed by atoms with Crippen molar-refractivity contribution in [1.82, 2.24) is 10.2 Å². The molecular weight excluding hydrogens is 363 g/mol. The van der Waals surface area contributed by atoms with Gasteiger partial charge in [0.25, 0.3) is 0 Å². The standard InChI is InChI=1S/C19H27BN2O6/c23-16(6-4-13-2-1-9-21-13)22-10-14(11-22)27-15-5-3-12-7-8-20(26)28-18(12)17(15)19(24)25/h3,5,13-14,16,21,23,26H,1-2,4,6-11H2,(H,24,25)/t13-,16?/m0/s1. The molecule has 0 aliphatic carbocycles. The van der Waals surface area contributed by atoms with E-state index in [1.807, 2.05) is 4.90 Å². The Morgan fingerprint density at radius 1 is 1.43 bits per heavy atom. The van der Waals surface area contributed by atoms with Gasteiger partial charge >= 0.3 is 13.1 Å². The number of fused-ring (bicyclic) bond motifs is 1. The lowest BCUT2D eigenvalue weighted by Gasteiger charge is -2.42. The normalized spacial score (nSPS) is 23.6. The summed E-state index contributed by atoms with van der Waals surface area (Å²) in [5, 5.41) is 33.1. The van der Waals surface area contributed by atoms with Crippen molar-refractivity contribution in [2.45, 2.75) is 56.8 Å². The van der Waals surface area contributed by atoms with Gasteiger partial charge in [0.2, 0.25) is 0 Å². The van der Waals surface area contributed by atoms with Crippen LogP contribution >= 0.6 is 0 Å². The van der Waals surface area contributed by atoms with Gasteiger partial charge in [0, 0.05) is 19.1 Å². The van der Waals surface area contributed by atoms with Gasteiger partial charge in [-0.05, 0) is 56.6 Å². The molecule has 0 aromatic heterocycles. The zero-order valence-electron chi connectivity index (χ0n) is 15.8. The van der Waals surface area contributed by atoms with Crippen molar-refractivity contribution in [1.29, 1.82) is 0 Å². The van der Waals surface area contributed by atoms with E-state index in [1.54, 1.807) is 12.1 Å². The SMILES string of the molecule is O=C(O)c1c(OC2CN(C(O)CC[C@@H]3CCCN3)C2)ccc2c1OB(O)CC2. The van der Waals surface area contributed by atoms with E-state index in [2.05, 4.69) is 5.32 Å². The molecule has 4 N–H and O–H groups in total. The van der Waals surface area contributed by atoms with Crippen molar-refractivity contribution >= 4 is 13.1 Å². The van der Waals surface area contributed by atoms with Gasteiger partial charge in [-0.3, -0.25) is 4.90 Å². The molecule has 9 heteroatoms. The first kappa shape index (κ1) is 19.5. The number of nitrogens with one attached hydrogen (secondary N) is 1. The Labute approximate surface area is 164 Å². The molecule has 28 heavy (non-hydrogen) atoms. The van der Waals surface area contributed by atoms with Crippen LogP contribution < -0.4 is 14.7 Å². The number of hydrogen-bond acceptors (Lipinski definition) is 7. The molecule has 3 aliphatic heterocycles. The van der Waals surface area contributed by atoms with Gasteiger partial charge in [-0.1, -0.05) is 6.07 Å². The number of aliphatic hydroxyl groups excluding tert-OH is 1. The number of nitrogens with zero attached hydrogens (tertiary/aromatic N) is 1. The summed E-state index contributed by atoms with van der Waals surface area (Å²) < 4.78 is 11.3. The summed E-state index contributed by atoms with van der Waals surface area (Å²) in [6.07, 6.45) is 4.38. The second-order valence-electron chi connectivity index (χ2n) is 7.89. The molecule has 1 aromatic carbocycles. The highest BCUT2D eigenvalue weighted by Crippen LogP contribution is 2.37. The van der Waals surface area contributed by atoms with E-state index >= 15 is 0 Å². The van der Waals surface area contributed by atoms with Gasteiger partial charge in [-0.25, -0.2) is 4.79 Å². The Balaban J connectivity index is 1.34. The zero-order chi connectivity index (χ0) is 19.7. The largest absolute Gasteiger partial charge is 0.535 e. The molecule has 0 spiro atoms. The van der Waals surface area contributed by atoms with E-state index in [-0.39, 0.29) is 23.2 Å². The number of likely N-dealkylation sites (tertiary alicyclic amines) is 1. The van der Waals surface area contributed by atoms with Gasteiger partial charge < -0.3 is 29.9 Å². The number of benzene rings is 1. The van der Waals surface area contributed by atoms with Crippen molar-refractivity contribution in [2.24, 2.45) is 0 Å². The molecule has 0 bridgehead atoms. The maximum Gasteiger partial charge on any atom is 0.522 e. The van der Waals surface area contributed by atoms with Gasteiger partial charge in [-0.15, -0.1) is 0 Å². The Bertz CT molecular complexity index is 721. The summed E-state index contributed by atoms with van der Waals surface area (Å²) in [7, 11) is -0.996. The fourth-order valence-corrected chi connectivity index (χ4v) is 4.22. The van der Waals surface area contributed by atoms with Crippen LogP contribution in [0.25, 0.3) is 0 Å². The van der Waals surface area contributed by atoms with Gasteiger partial charge in [0.05, 0.1) is 0 Å². The lowest BCUT2D eigenvalue weighted by molar-refractivity contribution is -0.0941. The summed E-state index contributed by atoms with van der Waals surface area (Å²) in [6, 6.07) is 3.96. The molecule has 4 rings (SSSR count). The third-order valence-corrected chi connectivity index (χ3v) is 5.86. The molecule has 0 amide bonds. The summed E-state index contributed by atoms with van der Waals surface area (Å²) in [5.41, 5.74) is 0.726. The second-order valence-corrected chi connectivity index (χ2v) is 7.89. The highest BCUT2D eigenvalue weighted by Gasteiger charge is 2.36. The highest BCUT2D eigenvalue weighted by atomic mass is 16.5. The van der Waals surface area contributed by atoms with Crippen LogP contribution in [-0.4, -0.2) is 71.2 Å². The maximum absolute atomic E-state index is 11.8. The van der Waals surface area contributed by atoms with Gasteiger partial charge in [0.1, 0.15) is 29.4 Å². The van der Waals surface area contributed by atoms with Crippen LogP contribution in [0.4, 0.5) is 0 Å². The molecule has 2 saturated heterocycles. The van der Waals surface area contributed by atoms with E-state index < -0.39 is 19.3 Å². The average molecular weight is 390 g/mol. The first-order valence-electron chi connectivity index (χ1n) is 10.1. The van der Waals surface area contributed by atoms with E-state index in [1.165, 1.54) is 12.8 Å². The maximum atomic E-state index is 11.8. The lowest BCUT2D eigenvalue weighted by Crippen LogP contribution is -2.58. The van der Waals surface area contributed by atoms with E-state index in [4.69, 9.17) is 9.39 Å². The van der Waals surface area contributed by atoms with Crippen LogP contribution in [0.15, 0.2) is 12.1 Å². The number of aliphatic hydroxyl groups is 1. The van der Waals surface area contributed by atoms with Crippen molar-refractivity contribution in [2.75, 3.05) is 19.6 Å². The van der Waals surface area contributed by atoms with Crippen LogP contribution in [0, 0.1) is 0 Å². The zero-order valence-corrected chi connectivity index (χ0v) is 15.8. The quantitative estimate of drug-likeness (QED) is 0.504. The molecule has 152 valence electrons. The number of ether oxygens (including phenoxy) is 1. The number of aryl methyl sites for hydroxylation is 1. The molecule has 3 aliphatic rings. The van der Waals surface area contributed by atoms with Crippen LogP contribution in [0.5, 0.6) is 11.5 Å². The average Bonchev–Trinajstić information content (AvgIpc) is 3.15. The minimum atomic E-state index is -1.14. The monoisotopic (exact) mass is 390 g/mol. The van der Waals surface area contributed by atoms with Crippen molar-refractivity contribution in [3.05, 3.63) is 23.3 Å².